The summed E-state index contributed by atoms with van der Waals surface area (Å²) in [5, 5.41) is 9.43. The minimum Gasteiger partial charge on any atom is -0.395 e. The first-order chi connectivity index (χ1) is 7.95. The summed E-state index contributed by atoms with van der Waals surface area (Å²) in [4.78, 5) is 2.24. The van der Waals surface area contributed by atoms with Gasteiger partial charge in [-0.05, 0) is 37.9 Å². The third-order valence-electron chi connectivity index (χ3n) is 3.45. The molecule has 1 N–H and O–H groups in total. The summed E-state index contributed by atoms with van der Waals surface area (Å²) in [7, 11) is 2.09. The number of aliphatic hydroxyl groups is 1. The van der Waals surface area contributed by atoms with Gasteiger partial charge in [-0.15, -0.1) is 0 Å². The molecule has 0 aliphatic heterocycles. The fourth-order valence-electron chi connectivity index (χ4n) is 2.22. The molecule has 17 heavy (non-hydrogen) atoms. The first-order valence-corrected chi connectivity index (χ1v) is 6.33. The van der Waals surface area contributed by atoms with Gasteiger partial charge in [-0.25, -0.2) is 0 Å². The molecule has 0 heterocycles. The Bertz CT molecular complexity index is 360. The number of hydrogen-bond donors (Lipinski definition) is 1. The first-order valence-electron chi connectivity index (χ1n) is 6.33. The minimum atomic E-state index is 0.221. The third kappa shape index (κ3) is 3.83. The SMILES string of the molecule is Cc1ccc(C)c(CN(C)C(CO)C(C)C)c1. The molecule has 2 nitrogen and oxygen atoms in total. The molecule has 0 aliphatic carbocycles. The van der Waals surface area contributed by atoms with Crippen LogP contribution in [0.25, 0.3) is 0 Å². The van der Waals surface area contributed by atoms with Crippen molar-refractivity contribution in [2.24, 2.45) is 5.92 Å². The lowest BCUT2D eigenvalue weighted by atomic mass is 10.0. The molecular weight excluding hydrogens is 210 g/mol. The molecule has 96 valence electrons. The van der Waals surface area contributed by atoms with Crippen molar-refractivity contribution in [3.63, 3.8) is 0 Å². The molecule has 1 unspecified atom stereocenters. The van der Waals surface area contributed by atoms with Crippen LogP contribution in [0.2, 0.25) is 0 Å². The average molecular weight is 235 g/mol. The van der Waals surface area contributed by atoms with Crippen LogP contribution in [-0.4, -0.2) is 29.7 Å². The van der Waals surface area contributed by atoms with Crippen molar-refractivity contribution < 1.29 is 5.11 Å². The van der Waals surface area contributed by atoms with E-state index in [1.165, 1.54) is 16.7 Å². The maximum atomic E-state index is 9.43. The van der Waals surface area contributed by atoms with E-state index in [1.807, 2.05) is 0 Å². The number of aliphatic hydroxyl groups excluding tert-OH is 1. The lowest BCUT2D eigenvalue weighted by molar-refractivity contribution is 0.107. The van der Waals surface area contributed by atoms with Gasteiger partial charge in [0.1, 0.15) is 0 Å². The Labute approximate surface area is 105 Å². The van der Waals surface area contributed by atoms with Gasteiger partial charge < -0.3 is 5.11 Å². The van der Waals surface area contributed by atoms with Crippen molar-refractivity contribution in [3.05, 3.63) is 34.9 Å². The van der Waals surface area contributed by atoms with E-state index in [0.29, 0.717) is 5.92 Å². The van der Waals surface area contributed by atoms with Crippen molar-refractivity contribution >= 4 is 0 Å². The van der Waals surface area contributed by atoms with E-state index >= 15 is 0 Å². The highest BCUT2D eigenvalue weighted by Gasteiger charge is 2.18. The summed E-state index contributed by atoms with van der Waals surface area (Å²) in [5.74, 6) is 0.468. The monoisotopic (exact) mass is 235 g/mol. The van der Waals surface area contributed by atoms with Gasteiger partial charge in [-0.3, -0.25) is 4.90 Å². The van der Waals surface area contributed by atoms with E-state index in [1.54, 1.807) is 0 Å². The molecule has 0 amide bonds. The summed E-state index contributed by atoms with van der Waals surface area (Å²) in [6, 6.07) is 6.78. The van der Waals surface area contributed by atoms with Crippen molar-refractivity contribution in [2.75, 3.05) is 13.7 Å². The van der Waals surface area contributed by atoms with Crippen molar-refractivity contribution in [3.8, 4) is 0 Å². The van der Waals surface area contributed by atoms with Crippen LogP contribution < -0.4 is 0 Å². The van der Waals surface area contributed by atoms with E-state index in [9.17, 15) is 5.11 Å². The summed E-state index contributed by atoms with van der Waals surface area (Å²) < 4.78 is 0. The maximum absolute atomic E-state index is 9.43. The zero-order chi connectivity index (χ0) is 13.0. The maximum Gasteiger partial charge on any atom is 0.0589 e. The summed E-state index contributed by atoms with van der Waals surface area (Å²) in [6.07, 6.45) is 0. The molecule has 0 aliphatic rings. The fraction of sp³-hybridized carbons (Fsp3) is 0.600. The van der Waals surface area contributed by atoms with Crippen LogP contribution in [0.1, 0.15) is 30.5 Å². The van der Waals surface area contributed by atoms with Crippen LogP contribution in [0.15, 0.2) is 18.2 Å². The van der Waals surface area contributed by atoms with Gasteiger partial charge in [0.15, 0.2) is 0 Å². The number of nitrogens with zero attached hydrogens (tertiary/aromatic N) is 1. The Morgan fingerprint density at radius 2 is 1.88 bits per heavy atom. The predicted octanol–water partition coefficient (Wildman–Crippen LogP) is 2.75. The van der Waals surface area contributed by atoms with E-state index in [-0.39, 0.29) is 12.6 Å². The minimum absolute atomic E-state index is 0.221. The Hall–Kier alpha value is -0.860. The molecule has 1 aromatic rings. The van der Waals surface area contributed by atoms with Gasteiger partial charge in [-0.1, -0.05) is 37.6 Å². The van der Waals surface area contributed by atoms with Gasteiger partial charge in [0.05, 0.1) is 6.61 Å². The van der Waals surface area contributed by atoms with Crippen LogP contribution in [0.5, 0.6) is 0 Å². The predicted molar refractivity (Wildman–Crippen MR) is 73.1 cm³/mol. The van der Waals surface area contributed by atoms with Crippen LogP contribution in [0.4, 0.5) is 0 Å². The molecule has 2 heteroatoms. The zero-order valence-corrected chi connectivity index (χ0v) is 11.7. The van der Waals surface area contributed by atoms with Crippen molar-refractivity contribution in [2.45, 2.75) is 40.3 Å². The normalized spacial score (nSPS) is 13.4. The summed E-state index contributed by atoms with van der Waals surface area (Å²) in [6.45, 7) is 9.69. The van der Waals surface area contributed by atoms with Crippen molar-refractivity contribution in [1.82, 2.24) is 4.90 Å². The number of likely N-dealkylation sites (N-methyl/N-ethyl adjacent to an activating group) is 1. The third-order valence-corrected chi connectivity index (χ3v) is 3.45. The molecular formula is C15H25NO. The van der Waals surface area contributed by atoms with Crippen LogP contribution in [0.3, 0.4) is 0 Å². The Morgan fingerprint density at radius 3 is 2.41 bits per heavy atom. The van der Waals surface area contributed by atoms with Crippen LogP contribution >= 0.6 is 0 Å². The molecule has 1 rings (SSSR count). The Kier molecular flexibility index (Phi) is 5.16. The second-order valence-corrected chi connectivity index (χ2v) is 5.34. The number of aryl methyl sites for hydroxylation is 2. The zero-order valence-electron chi connectivity index (χ0n) is 11.7. The highest BCUT2D eigenvalue weighted by Crippen LogP contribution is 2.16. The number of rotatable bonds is 5. The molecule has 0 saturated carbocycles. The summed E-state index contributed by atoms with van der Waals surface area (Å²) >= 11 is 0. The van der Waals surface area contributed by atoms with Gasteiger partial charge in [-0.2, -0.15) is 0 Å². The highest BCUT2D eigenvalue weighted by molar-refractivity contribution is 5.30. The topological polar surface area (TPSA) is 23.5 Å². The van der Waals surface area contributed by atoms with Gasteiger partial charge in [0.25, 0.3) is 0 Å². The van der Waals surface area contributed by atoms with E-state index < -0.39 is 0 Å². The fourth-order valence-corrected chi connectivity index (χ4v) is 2.22. The molecule has 0 fully saturated rings. The quantitative estimate of drug-likeness (QED) is 0.848. The highest BCUT2D eigenvalue weighted by atomic mass is 16.3. The lowest BCUT2D eigenvalue weighted by Gasteiger charge is -2.30. The largest absolute Gasteiger partial charge is 0.395 e. The molecule has 0 spiro atoms. The van der Waals surface area contributed by atoms with Gasteiger partial charge in [0, 0.05) is 12.6 Å². The second kappa shape index (κ2) is 6.18. The molecule has 1 atom stereocenters. The molecule has 0 saturated heterocycles. The second-order valence-electron chi connectivity index (χ2n) is 5.34. The smallest absolute Gasteiger partial charge is 0.0589 e. The molecule has 1 aromatic carbocycles. The van der Waals surface area contributed by atoms with Crippen LogP contribution in [0, 0.1) is 19.8 Å². The molecule has 0 radical (unpaired) electrons. The number of hydrogen-bond acceptors (Lipinski definition) is 2. The lowest BCUT2D eigenvalue weighted by Crippen LogP contribution is -2.38. The van der Waals surface area contributed by atoms with Gasteiger partial charge in [0.2, 0.25) is 0 Å². The standard InChI is InChI=1S/C15H25NO/c1-11(2)15(10-17)16(5)9-14-8-12(3)6-7-13(14)4/h6-8,11,15,17H,9-10H2,1-5H3. The Balaban J connectivity index is 2.79. The number of benzene rings is 1. The Morgan fingerprint density at radius 1 is 1.24 bits per heavy atom. The van der Waals surface area contributed by atoms with E-state index in [0.717, 1.165) is 6.54 Å². The average Bonchev–Trinajstić information content (AvgIpc) is 2.24. The van der Waals surface area contributed by atoms with E-state index in [4.69, 9.17) is 0 Å². The van der Waals surface area contributed by atoms with Crippen LogP contribution in [-0.2, 0) is 6.54 Å². The van der Waals surface area contributed by atoms with Gasteiger partial charge >= 0.3 is 0 Å². The van der Waals surface area contributed by atoms with E-state index in [2.05, 4.69) is 57.8 Å². The molecule has 0 bridgehead atoms. The van der Waals surface area contributed by atoms with Crippen molar-refractivity contribution in [1.29, 1.82) is 0 Å². The molecule has 0 aromatic heterocycles. The first kappa shape index (κ1) is 14.2. The summed E-state index contributed by atoms with van der Waals surface area (Å²) in [5.41, 5.74) is 3.97.